The Morgan fingerprint density at radius 3 is 1.88 bits per heavy atom. The number of benzene rings is 1. The summed E-state index contributed by atoms with van der Waals surface area (Å²) in [4.78, 5) is 16.1. The van der Waals surface area contributed by atoms with Crippen molar-refractivity contribution < 1.29 is 14.3 Å². The highest BCUT2D eigenvalue weighted by Crippen LogP contribution is 2.28. The Hall–Kier alpha value is -1.84. The average molecular weight is 446 g/mol. The molecule has 0 atom stereocenters. The molecule has 0 bridgehead atoms. The Morgan fingerprint density at radius 2 is 1.34 bits per heavy atom. The zero-order valence-corrected chi connectivity index (χ0v) is 21.0. The molecule has 0 saturated heterocycles. The number of carbonyl (C=O) groups is 1. The summed E-state index contributed by atoms with van der Waals surface area (Å²) in [6, 6.07) is 5.58. The third kappa shape index (κ3) is 14.3. The van der Waals surface area contributed by atoms with Crippen molar-refractivity contribution in [2.24, 2.45) is 4.99 Å². The van der Waals surface area contributed by atoms with E-state index >= 15 is 0 Å². The molecule has 0 aromatic heterocycles. The number of ether oxygens (including phenoxy) is 2. The lowest BCUT2D eigenvalue weighted by atomic mass is 10.0. The number of carbonyl (C=O) groups excluding carboxylic acids is 1. The van der Waals surface area contributed by atoms with Gasteiger partial charge in [-0.15, -0.1) is 0 Å². The van der Waals surface area contributed by atoms with E-state index in [2.05, 4.69) is 11.9 Å². The Labute approximate surface area is 197 Å². The Bertz CT molecular complexity index is 627. The van der Waals surface area contributed by atoms with Crippen LogP contribution in [-0.2, 0) is 4.79 Å². The number of unbranched alkanes of at least 4 members (excludes halogenated alkanes) is 13. The largest absolute Gasteiger partial charge is 0.490 e. The molecule has 0 aliphatic rings. The fourth-order valence-electron chi connectivity index (χ4n) is 3.72. The smallest absolute Gasteiger partial charge is 0.311 e. The van der Waals surface area contributed by atoms with Crippen molar-refractivity contribution in [3.8, 4) is 11.5 Å². The number of aliphatic imine (C=N–C) groups is 1. The van der Waals surface area contributed by atoms with Crippen molar-refractivity contribution >= 4 is 12.2 Å². The van der Waals surface area contributed by atoms with E-state index in [1.807, 2.05) is 25.3 Å². The molecule has 0 unspecified atom stereocenters. The molecule has 182 valence electrons. The van der Waals surface area contributed by atoms with Crippen LogP contribution in [0.25, 0.3) is 0 Å². The first-order chi connectivity index (χ1) is 15.7. The lowest BCUT2D eigenvalue weighted by Crippen LogP contribution is -2.07. The monoisotopic (exact) mass is 445 g/mol. The van der Waals surface area contributed by atoms with Crippen LogP contribution < -0.4 is 9.47 Å². The summed E-state index contributed by atoms with van der Waals surface area (Å²) in [5.74, 6) is 0.808. The standard InChI is InChI=1S/C28H47NO3/c1-4-7-8-9-10-11-12-13-14-15-16-17-18-19-22-29-24-25-20-21-26(32-28(30)5-2)27(23-25)31-6-3/h20-21,23-24H,4-19,22H2,1-3H3. The molecule has 0 N–H and O–H groups in total. The van der Waals surface area contributed by atoms with Gasteiger partial charge in [0, 0.05) is 19.2 Å². The first kappa shape index (κ1) is 28.2. The zero-order valence-electron chi connectivity index (χ0n) is 21.0. The molecule has 0 radical (unpaired) electrons. The SMILES string of the molecule is CCCCCCCCCCCCCCCCN=Cc1ccc(OC(=O)CC)c(OCC)c1. The number of nitrogens with zero attached hydrogens (tertiary/aromatic N) is 1. The second kappa shape index (κ2) is 19.8. The molecule has 0 aliphatic heterocycles. The molecule has 0 heterocycles. The van der Waals surface area contributed by atoms with Gasteiger partial charge >= 0.3 is 5.97 Å². The summed E-state index contributed by atoms with van der Waals surface area (Å²) in [7, 11) is 0. The van der Waals surface area contributed by atoms with Crippen LogP contribution in [0.1, 0.15) is 123 Å². The van der Waals surface area contributed by atoms with Gasteiger partial charge in [-0.05, 0) is 37.1 Å². The van der Waals surface area contributed by atoms with Gasteiger partial charge in [-0.1, -0.05) is 97.3 Å². The summed E-state index contributed by atoms with van der Waals surface area (Å²) >= 11 is 0. The molecule has 4 heteroatoms. The molecule has 0 amide bonds. The molecule has 0 fully saturated rings. The van der Waals surface area contributed by atoms with Crippen LogP contribution in [0.5, 0.6) is 11.5 Å². The molecule has 4 nitrogen and oxygen atoms in total. The molecule has 0 aliphatic carbocycles. The topological polar surface area (TPSA) is 47.9 Å². The maximum Gasteiger partial charge on any atom is 0.311 e. The maximum atomic E-state index is 11.6. The van der Waals surface area contributed by atoms with Crippen LogP contribution in [0, 0.1) is 0 Å². The van der Waals surface area contributed by atoms with Crippen LogP contribution in [-0.4, -0.2) is 25.3 Å². The van der Waals surface area contributed by atoms with Crippen molar-refractivity contribution in [2.75, 3.05) is 13.2 Å². The fraction of sp³-hybridized carbons (Fsp3) is 0.714. The lowest BCUT2D eigenvalue weighted by Gasteiger charge is -2.10. The third-order valence-electron chi connectivity index (χ3n) is 5.66. The predicted octanol–water partition coefficient (Wildman–Crippen LogP) is 8.30. The Balaban J connectivity index is 2.09. The second-order valence-electron chi connectivity index (χ2n) is 8.60. The number of esters is 1. The predicted molar refractivity (Wildman–Crippen MR) is 136 cm³/mol. The summed E-state index contributed by atoms with van der Waals surface area (Å²) in [5.41, 5.74) is 0.968. The molecule has 0 spiro atoms. The normalized spacial score (nSPS) is 11.2. The summed E-state index contributed by atoms with van der Waals surface area (Å²) < 4.78 is 10.9. The molecular formula is C28H47NO3. The van der Waals surface area contributed by atoms with E-state index in [0.717, 1.165) is 18.5 Å². The van der Waals surface area contributed by atoms with E-state index in [-0.39, 0.29) is 5.97 Å². The van der Waals surface area contributed by atoms with E-state index in [1.165, 1.54) is 83.5 Å². The molecule has 1 aromatic carbocycles. The van der Waals surface area contributed by atoms with Gasteiger partial charge in [-0.25, -0.2) is 0 Å². The van der Waals surface area contributed by atoms with Crippen molar-refractivity contribution in [1.29, 1.82) is 0 Å². The minimum Gasteiger partial charge on any atom is -0.490 e. The molecular weight excluding hydrogens is 398 g/mol. The number of hydrogen-bond donors (Lipinski definition) is 0. The van der Waals surface area contributed by atoms with Gasteiger partial charge in [-0.3, -0.25) is 9.79 Å². The van der Waals surface area contributed by atoms with Crippen molar-refractivity contribution in [3.63, 3.8) is 0 Å². The summed E-state index contributed by atoms with van der Waals surface area (Å²) in [5, 5.41) is 0. The van der Waals surface area contributed by atoms with E-state index in [1.54, 1.807) is 13.0 Å². The van der Waals surface area contributed by atoms with E-state index in [4.69, 9.17) is 9.47 Å². The minimum absolute atomic E-state index is 0.259. The van der Waals surface area contributed by atoms with Crippen LogP contribution in [0.15, 0.2) is 23.2 Å². The highest BCUT2D eigenvalue weighted by Gasteiger charge is 2.09. The third-order valence-corrected chi connectivity index (χ3v) is 5.66. The van der Waals surface area contributed by atoms with Gasteiger partial charge < -0.3 is 9.47 Å². The zero-order chi connectivity index (χ0) is 23.3. The maximum absolute atomic E-state index is 11.6. The van der Waals surface area contributed by atoms with E-state index in [9.17, 15) is 4.79 Å². The molecule has 1 aromatic rings. The van der Waals surface area contributed by atoms with Crippen LogP contribution in [0.3, 0.4) is 0 Å². The lowest BCUT2D eigenvalue weighted by molar-refractivity contribution is -0.134. The van der Waals surface area contributed by atoms with Crippen LogP contribution >= 0.6 is 0 Å². The van der Waals surface area contributed by atoms with Crippen molar-refractivity contribution in [3.05, 3.63) is 23.8 Å². The van der Waals surface area contributed by atoms with Crippen LogP contribution in [0.4, 0.5) is 0 Å². The van der Waals surface area contributed by atoms with Gasteiger partial charge in [-0.2, -0.15) is 0 Å². The summed E-state index contributed by atoms with van der Waals surface area (Å²) in [6.45, 7) is 7.36. The number of rotatable bonds is 20. The Kier molecular flexibility index (Phi) is 17.5. The van der Waals surface area contributed by atoms with Gasteiger partial charge in [0.25, 0.3) is 0 Å². The highest BCUT2D eigenvalue weighted by atomic mass is 16.6. The minimum atomic E-state index is -0.259. The first-order valence-electron chi connectivity index (χ1n) is 13.2. The van der Waals surface area contributed by atoms with Gasteiger partial charge in [0.05, 0.1) is 6.61 Å². The van der Waals surface area contributed by atoms with E-state index in [0.29, 0.717) is 24.5 Å². The van der Waals surface area contributed by atoms with Gasteiger partial charge in [0.1, 0.15) is 0 Å². The van der Waals surface area contributed by atoms with E-state index < -0.39 is 0 Å². The van der Waals surface area contributed by atoms with Gasteiger partial charge in [0.15, 0.2) is 11.5 Å². The molecule has 0 saturated carbocycles. The van der Waals surface area contributed by atoms with Gasteiger partial charge in [0.2, 0.25) is 0 Å². The second-order valence-corrected chi connectivity index (χ2v) is 8.60. The van der Waals surface area contributed by atoms with Crippen molar-refractivity contribution in [2.45, 2.75) is 117 Å². The quantitative estimate of drug-likeness (QED) is 0.0877. The average Bonchev–Trinajstić information content (AvgIpc) is 2.80. The molecule has 1 rings (SSSR count). The number of hydrogen-bond acceptors (Lipinski definition) is 4. The Morgan fingerprint density at radius 1 is 0.781 bits per heavy atom. The first-order valence-corrected chi connectivity index (χ1v) is 13.2. The summed E-state index contributed by atoms with van der Waals surface area (Å²) in [6.07, 6.45) is 21.4. The molecule has 32 heavy (non-hydrogen) atoms. The fourth-order valence-corrected chi connectivity index (χ4v) is 3.72. The van der Waals surface area contributed by atoms with Crippen molar-refractivity contribution in [1.82, 2.24) is 0 Å². The highest BCUT2D eigenvalue weighted by molar-refractivity contribution is 5.81. The van der Waals surface area contributed by atoms with Crippen LogP contribution in [0.2, 0.25) is 0 Å².